The normalized spacial score (nSPS) is 28.1. The van der Waals surface area contributed by atoms with Gasteiger partial charge >= 0.3 is 5.97 Å². The number of nitrogens with one attached hydrogen (secondary N) is 2. The lowest BCUT2D eigenvalue weighted by Crippen LogP contribution is -2.48. The van der Waals surface area contributed by atoms with Gasteiger partial charge in [-0.15, -0.1) is 0 Å². The van der Waals surface area contributed by atoms with E-state index in [1.165, 1.54) is 29.1 Å². The maximum Gasteiger partial charge on any atom is 0.309 e. The van der Waals surface area contributed by atoms with Crippen molar-refractivity contribution < 1.29 is 9.53 Å². The fraction of sp³-hybridized carbons (Fsp3) is 0.438. The largest absolute Gasteiger partial charge is 0.469 e. The first-order chi connectivity index (χ1) is 9.78. The van der Waals surface area contributed by atoms with Crippen LogP contribution in [0.2, 0.25) is 0 Å². The number of aromatic amines is 1. The molecule has 1 aliphatic carbocycles. The summed E-state index contributed by atoms with van der Waals surface area (Å²) in [6, 6.07) is 6.86. The van der Waals surface area contributed by atoms with Crippen LogP contribution in [0, 0.1) is 5.92 Å². The van der Waals surface area contributed by atoms with Crippen molar-refractivity contribution in [2.75, 3.05) is 13.7 Å². The Morgan fingerprint density at radius 3 is 3.15 bits per heavy atom. The van der Waals surface area contributed by atoms with Gasteiger partial charge in [0.2, 0.25) is 0 Å². The third-order valence-corrected chi connectivity index (χ3v) is 4.84. The molecule has 0 spiro atoms. The van der Waals surface area contributed by atoms with Gasteiger partial charge in [0.15, 0.2) is 0 Å². The minimum absolute atomic E-state index is 0.0306. The highest BCUT2D eigenvalue weighted by Crippen LogP contribution is 2.41. The molecule has 0 radical (unpaired) electrons. The molecule has 1 aliphatic heterocycles. The van der Waals surface area contributed by atoms with E-state index in [4.69, 9.17) is 4.74 Å². The first-order valence-corrected chi connectivity index (χ1v) is 7.18. The molecule has 1 aromatic heterocycles. The zero-order valence-electron chi connectivity index (χ0n) is 11.5. The highest BCUT2D eigenvalue weighted by molar-refractivity contribution is 5.88. The number of ether oxygens (including phenoxy) is 1. The highest BCUT2D eigenvalue weighted by Gasteiger charge is 2.38. The Labute approximate surface area is 117 Å². The van der Waals surface area contributed by atoms with Crippen LogP contribution >= 0.6 is 0 Å². The summed E-state index contributed by atoms with van der Waals surface area (Å²) in [6.07, 6.45) is 4.04. The topological polar surface area (TPSA) is 54.1 Å². The summed E-state index contributed by atoms with van der Waals surface area (Å²) >= 11 is 0. The number of fused-ring (bicyclic) bond motifs is 2. The van der Waals surface area contributed by atoms with Gasteiger partial charge in [-0.2, -0.15) is 0 Å². The molecule has 20 heavy (non-hydrogen) atoms. The Kier molecular flexibility index (Phi) is 2.60. The molecule has 104 valence electrons. The second-order valence-electron chi connectivity index (χ2n) is 5.86. The summed E-state index contributed by atoms with van der Waals surface area (Å²) in [5.41, 5.74) is 3.97. The molecule has 2 heterocycles. The zero-order chi connectivity index (χ0) is 13.7. The van der Waals surface area contributed by atoms with Gasteiger partial charge in [0, 0.05) is 35.6 Å². The van der Waals surface area contributed by atoms with E-state index in [1.54, 1.807) is 0 Å². The lowest BCUT2D eigenvalue weighted by molar-refractivity contribution is -0.146. The molecule has 1 aromatic carbocycles. The molecular weight excluding hydrogens is 252 g/mol. The van der Waals surface area contributed by atoms with E-state index in [0.717, 1.165) is 19.4 Å². The average molecular weight is 270 g/mol. The van der Waals surface area contributed by atoms with Gasteiger partial charge < -0.3 is 15.0 Å². The second-order valence-corrected chi connectivity index (χ2v) is 5.86. The number of benzene rings is 1. The second kappa shape index (κ2) is 4.35. The Bertz CT molecular complexity index is 676. The number of carbonyl (C=O) groups excluding carboxylic acids is 1. The Morgan fingerprint density at radius 1 is 1.40 bits per heavy atom. The third kappa shape index (κ3) is 1.61. The number of H-pyrrole nitrogens is 1. The first kappa shape index (κ1) is 12.0. The lowest BCUT2D eigenvalue weighted by atomic mass is 9.73. The van der Waals surface area contributed by atoms with E-state index >= 15 is 0 Å². The summed E-state index contributed by atoms with van der Waals surface area (Å²) in [7, 11) is 1.47. The molecule has 4 rings (SSSR count). The van der Waals surface area contributed by atoms with Gasteiger partial charge in [0.1, 0.15) is 0 Å². The van der Waals surface area contributed by atoms with E-state index in [-0.39, 0.29) is 11.9 Å². The van der Waals surface area contributed by atoms with Crippen molar-refractivity contribution in [3.8, 4) is 0 Å². The number of hydrogen-bond donors (Lipinski definition) is 2. The minimum atomic E-state index is -0.0945. The number of hydrogen-bond acceptors (Lipinski definition) is 3. The van der Waals surface area contributed by atoms with Crippen LogP contribution in [-0.4, -0.2) is 30.6 Å². The van der Waals surface area contributed by atoms with Crippen LogP contribution in [0.5, 0.6) is 0 Å². The molecule has 2 N–H and O–H groups in total. The van der Waals surface area contributed by atoms with E-state index in [2.05, 4.69) is 34.7 Å². The van der Waals surface area contributed by atoms with Gasteiger partial charge in [-0.1, -0.05) is 12.1 Å². The lowest BCUT2D eigenvalue weighted by Gasteiger charge is -2.39. The Hall–Kier alpha value is -1.81. The summed E-state index contributed by atoms with van der Waals surface area (Å²) in [5.74, 6) is 0.278. The standard InChI is InChI=1S/C16H18N2O2/c1-20-16(19)10-5-12-11-3-2-4-13-15(11)9(7-17-13)6-14(12)18-8-10/h2-4,7,10,12,14,17-18H,5-6,8H2,1H3/t10?,12-,14-/m0/s1. The van der Waals surface area contributed by atoms with Crippen molar-refractivity contribution >= 4 is 16.9 Å². The number of esters is 1. The van der Waals surface area contributed by atoms with Gasteiger partial charge in [-0.3, -0.25) is 4.79 Å². The van der Waals surface area contributed by atoms with Crippen molar-refractivity contribution in [2.24, 2.45) is 5.92 Å². The molecular formula is C16H18N2O2. The van der Waals surface area contributed by atoms with Crippen LogP contribution in [0.3, 0.4) is 0 Å². The number of carbonyl (C=O) groups is 1. The molecule has 1 fully saturated rings. The molecule has 0 amide bonds. The van der Waals surface area contributed by atoms with E-state index < -0.39 is 0 Å². The fourth-order valence-corrected chi connectivity index (χ4v) is 3.89. The zero-order valence-corrected chi connectivity index (χ0v) is 11.5. The van der Waals surface area contributed by atoms with Crippen molar-refractivity contribution in [2.45, 2.75) is 24.8 Å². The van der Waals surface area contributed by atoms with Crippen molar-refractivity contribution in [3.63, 3.8) is 0 Å². The maximum atomic E-state index is 11.8. The van der Waals surface area contributed by atoms with Crippen molar-refractivity contribution in [1.29, 1.82) is 0 Å². The Morgan fingerprint density at radius 2 is 2.30 bits per heavy atom. The molecule has 0 saturated carbocycles. The van der Waals surface area contributed by atoms with Crippen LogP contribution in [0.25, 0.3) is 10.9 Å². The van der Waals surface area contributed by atoms with Crippen LogP contribution in [-0.2, 0) is 16.0 Å². The molecule has 1 unspecified atom stereocenters. The van der Waals surface area contributed by atoms with Gasteiger partial charge in [0.25, 0.3) is 0 Å². The average Bonchev–Trinajstić information content (AvgIpc) is 2.91. The van der Waals surface area contributed by atoms with Crippen LogP contribution in [0.4, 0.5) is 0 Å². The molecule has 1 saturated heterocycles. The van der Waals surface area contributed by atoms with Gasteiger partial charge in [-0.25, -0.2) is 0 Å². The van der Waals surface area contributed by atoms with E-state index in [0.29, 0.717) is 12.0 Å². The molecule has 4 nitrogen and oxygen atoms in total. The summed E-state index contributed by atoms with van der Waals surface area (Å²) in [4.78, 5) is 15.2. The van der Waals surface area contributed by atoms with Crippen LogP contribution in [0.1, 0.15) is 23.5 Å². The molecule has 0 bridgehead atoms. The molecule has 3 atom stereocenters. The molecule has 2 aromatic rings. The van der Waals surface area contributed by atoms with Crippen LogP contribution in [0.15, 0.2) is 24.4 Å². The summed E-state index contributed by atoms with van der Waals surface area (Å²) < 4.78 is 4.91. The summed E-state index contributed by atoms with van der Waals surface area (Å²) in [6.45, 7) is 0.726. The first-order valence-electron chi connectivity index (χ1n) is 7.18. The quantitative estimate of drug-likeness (QED) is 0.779. The summed E-state index contributed by atoms with van der Waals surface area (Å²) in [5, 5.41) is 4.91. The predicted molar refractivity (Wildman–Crippen MR) is 76.7 cm³/mol. The number of rotatable bonds is 1. The van der Waals surface area contributed by atoms with E-state index in [9.17, 15) is 4.79 Å². The van der Waals surface area contributed by atoms with E-state index in [1.807, 2.05) is 0 Å². The fourth-order valence-electron chi connectivity index (χ4n) is 3.89. The van der Waals surface area contributed by atoms with Gasteiger partial charge in [-0.05, 0) is 30.0 Å². The van der Waals surface area contributed by atoms with Crippen molar-refractivity contribution in [1.82, 2.24) is 10.3 Å². The highest BCUT2D eigenvalue weighted by atomic mass is 16.5. The predicted octanol–water partition coefficient (Wildman–Crippen LogP) is 1.96. The minimum Gasteiger partial charge on any atom is -0.469 e. The molecule has 2 aliphatic rings. The maximum absolute atomic E-state index is 11.8. The molecule has 4 heteroatoms. The smallest absolute Gasteiger partial charge is 0.309 e. The van der Waals surface area contributed by atoms with Gasteiger partial charge in [0.05, 0.1) is 13.0 Å². The Balaban J connectivity index is 1.76. The third-order valence-electron chi connectivity index (χ3n) is 4.84. The number of aromatic nitrogens is 1. The SMILES string of the molecule is COC(=O)C1CN[C@H]2Cc3c[nH]c4cccc(c34)[C@@H]2C1. The van der Waals surface area contributed by atoms with Crippen molar-refractivity contribution in [3.05, 3.63) is 35.5 Å². The number of methoxy groups -OCH3 is 1. The number of piperidine rings is 1. The van der Waals surface area contributed by atoms with Crippen LogP contribution < -0.4 is 5.32 Å². The monoisotopic (exact) mass is 270 g/mol.